The van der Waals surface area contributed by atoms with E-state index in [0.717, 1.165) is 48.8 Å². The number of nitrogens with one attached hydrogen (secondary N) is 1. The summed E-state index contributed by atoms with van der Waals surface area (Å²) in [6, 6.07) is 5.74. The number of carbonyl (C=O) groups is 2. The van der Waals surface area contributed by atoms with Crippen LogP contribution in [-0.4, -0.2) is 33.2 Å². The molecule has 1 heterocycles. The predicted octanol–water partition coefficient (Wildman–Crippen LogP) is 3.85. The van der Waals surface area contributed by atoms with Crippen molar-refractivity contribution in [2.75, 3.05) is 18.2 Å². The van der Waals surface area contributed by atoms with Gasteiger partial charge in [0.1, 0.15) is 5.00 Å². The molecule has 1 aliphatic carbocycles. The fourth-order valence-electron chi connectivity index (χ4n) is 3.28. The lowest BCUT2D eigenvalue weighted by Gasteiger charge is -2.09. The highest BCUT2D eigenvalue weighted by molar-refractivity contribution is 7.90. The molecular weight excluding hydrogens is 398 g/mol. The predicted molar refractivity (Wildman–Crippen MR) is 109 cm³/mol. The lowest BCUT2D eigenvalue weighted by Crippen LogP contribution is -2.15. The number of esters is 1. The Balaban J connectivity index is 1.90. The van der Waals surface area contributed by atoms with Gasteiger partial charge in [-0.05, 0) is 62.4 Å². The van der Waals surface area contributed by atoms with Crippen LogP contribution >= 0.6 is 11.3 Å². The number of aryl methyl sites for hydroxylation is 1. The molecule has 28 heavy (non-hydrogen) atoms. The minimum absolute atomic E-state index is 0.152. The van der Waals surface area contributed by atoms with Crippen LogP contribution in [0, 0.1) is 0 Å². The number of amides is 1. The van der Waals surface area contributed by atoms with Crippen LogP contribution in [0.5, 0.6) is 0 Å². The van der Waals surface area contributed by atoms with Gasteiger partial charge in [0, 0.05) is 16.7 Å². The van der Waals surface area contributed by atoms with E-state index >= 15 is 0 Å². The fourth-order valence-corrected chi connectivity index (χ4v) is 5.18. The van der Waals surface area contributed by atoms with E-state index in [1.54, 1.807) is 6.92 Å². The van der Waals surface area contributed by atoms with Gasteiger partial charge >= 0.3 is 5.97 Å². The minimum atomic E-state index is -3.32. The van der Waals surface area contributed by atoms with Gasteiger partial charge in [-0.1, -0.05) is 6.42 Å². The van der Waals surface area contributed by atoms with Crippen LogP contribution in [0.4, 0.5) is 5.00 Å². The third-order valence-corrected chi connectivity index (χ3v) is 7.01. The monoisotopic (exact) mass is 421 g/mol. The molecule has 1 aromatic heterocycles. The molecule has 0 unspecified atom stereocenters. The number of hydrogen-bond donors (Lipinski definition) is 1. The molecule has 150 valence electrons. The third kappa shape index (κ3) is 4.44. The quantitative estimate of drug-likeness (QED) is 0.585. The zero-order valence-corrected chi connectivity index (χ0v) is 17.5. The van der Waals surface area contributed by atoms with Gasteiger partial charge in [0.05, 0.1) is 17.1 Å². The molecule has 0 fully saturated rings. The molecule has 1 N–H and O–H groups in total. The summed E-state index contributed by atoms with van der Waals surface area (Å²) in [5.41, 5.74) is 1.78. The molecule has 0 saturated heterocycles. The second-order valence-electron chi connectivity index (χ2n) is 6.74. The molecule has 0 atom stereocenters. The Morgan fingerprint density at radius 1 is 1.11 bits per heavy atom. The van der Waals surface area contributed by atoms with Crippen LogP contribution in [0.1, 0.15) is 57.3 Å². The fraction of sp³-hybridized carbons (Fsp3) is 0.400. The Hall–Kier alpha value is -2.19. The molecule has 6 nitrogen and oxygen atoms in total. The zero-order chi connectivity index (χ0) is 20.3. The molecule has 3 rings (SSSR count). The molecule has 0 bridgehead atoms. The van der Waals surface area contributed by atoms with Crippen LogP contribution in [0.2, 0.25) is 0 Å². The van der Waals surface area contributed by atoms with E-state index in [1.165, 1.54) is 35.6 Å². The van der Waals surface area contributed by atoms with Crippen molar-refractivity contribution in [3.05, 3.63) is 45.8 Å². The van der Waals surface area contributed by atoms with Crippen LogP contribution in [0.15, 0.2) is 29.2 Å². The molecule has 1 aromatic carbocycles. The van der Waals surface area contributed by atoms with Crippen molar-refractivity contribution < 1.29 is 22.7 Å². The Morgan fingerprint density at radius 2 is 1.79 bits per heavy atom. The van der Waals surface area contributed by atoms with Crippen molar-refractivity contribution in [2.24, 2.45) is 0 Å². The summed E-state index contributed by atoms with van der Waals surface area (Å²) in [5, 5.41) is 3.33. The molecule has 0 radical (unpaired) electrons. The van der Waals surface area contributed by atoms with Crippen LogP contribution in [0.3, 0.4) is 0 Å². The summed E-state index contributed by atoms with van der Waals surface area (Å²) < 4.78 is 28.4. The second kappa shape index (κ2) is 8.45. The van der Waals surface area contributed by atoms with Gasteiger partial charge in [-0.2, -0.15) is 0 Å². The number of benzene rings is 1. The smallest absolute Gasteiger partial charge is 0.341 e. The van der Waals surface area contributed by atoms with Crippen molar-refractivity contribution >= 4 is 38.1 Å². The van der Waals surface area contributed by atoms with E-state index in [-0.39, 0.29) is 17.4 Å². The lowest BCUT2D eigenvalue weighted by molar-refractivity contribution is 0.0527. The van der Waals surface area contributed by atoms with Crippen molar-refractivity contribution in [1.82, 2.24) is 0 Å². The first-order chi connectivity index (χ1) is 13.3. The topological polar surface area (TPSA) is 89.5 Å². The molecule has 0 aliphatic heterocycles. The molecule has 1 aliphatic rings. The average Bonchev–Trinajstić information content (AvgIpc) is 2.82. The van der Waals surface area contributed by atoms with E-state index < -0.39 is 15.8 Å². The lowest BCUT2D eigenvalue weighted by atomic mass is 10.1. The summed E-state index contributed by atoms with van der Waals surface area (Å²) in [4.78, 5) is 26.5. The maximum Gasteiger partial charge on any atom is 0.341 e. The van der Waals surface area contributed by atoms with Crippen molar-refractivity contribution in [2.45, 2.75) is 43.9 Å². The standard InChI is InChI=1S/C20H23NO5S2/c1-3-26-20(23)17-15-7-5-4-6-8-16(15)27-19(17)21-18(22)13-9-11-14(12-10-13)28(2,24)25/h9-12H,3-8H2,1-2H3,(H,21,22). The summed E-state index contributed by atoms with van der Waals surface area (Å²) in [5.74, 6) is -0.799. The summed E-state index contributed by atoms with van der Waals surface area (Å²) >= 11 is 1.43. The first-order valence-electron chi connectivity index (χ1n) is 9.24. The van der Waals surface area contributed by atoms with Crippen LogP contribution < -0.4 is 5.32 Å². The van der Waals surface area contributed by atoms with Crippen molar-refractivity contribution in [1.29, 1.82) is 0 Å². The van der Waals surface area contributed by atoms with E-state index in [1.807, 2.05) is 0 Å². The molecule has 1 amide bonds. The van der Waals surface area contributed by atoms with Gasteiger partial charge < -0.3 is 10.1 Å². The number of anilines is 1. The normalized spacial score (nSPS) is 14.1. The third-order valence-electron chi connectivity index (χ3n) is 4.67. The number of sulfone groups is 1. The van der Waals surface area contributed by atoms with Crippen LogP contribution in [-0.2, 0) is 27.4 Å². The number of hydrogen-bond acceptors (Lipinski definition) is 6. The number of rotatable bonds is 5. The number of carbonyl (C=O) groups excluding carboxylic acids is 2. The highest BCUT2D eigenvalue weighted by Crippen LogP contribution is 2.38. The second-order valence-corrected chi connectivity index (χ2v) is 9.86. The molecule has 0 spiro atoms. The summed E-state index contributed by atoms with van der Waals surface area (Å²) in [6.07, 6.45) is 6.02. The first kappa shape index (κ1) is 20.5. The number of thiophene rings is 1. The SMILES string of the molecule is CCOC(=O)c1c(NC(=O)c2ccc(S(C)(=O)=O)cc2)sc2c1CCCCC2. The largest absolute Gasteiger partial charge is 0.462 e. The molecule has 0 saturated carbocycles. The van der Waals surface area contributed by atoms with Gasteiger partial charge in [0.2, 0.25) is 0 Å². The highest BCUT2D eigenvalue weighted by Gasteiger charge is 2.26. The Kier molecular flexibility index (Phi) is 6.20. The minimum Gasteiger partial charge on any atom is -0.462 e. The summed E-state index contributed by atoms with van der Waals surface area (Å²) in [6.45, 7) is 2.02. The molecular formula is C20H23NO5S2. The van der Waals surface area contributed by atoms with E-state index in [4.69, 9.17) is 4.74 Å². The molecule has 8 heteroatoms. The van der Waals surface area contributed by atoms with Crippen molar-refractivity contribution in [3.8, 4) is 0 Å². The van der Waals surface area contributed by atoms with Gasteiger partial charge in [-0.3, -0.25) is 4.79 Å². The van der Waals surface area contributed by atoms with Gasteiger partial charge in [-0.15, -0.1) is 11.3 Å². The zero-order valence-electron chi connectivity index (χ0n) is 15.9. The Labute approximate surface area is 168 Å². The van der Waals surface area contributed by atoms with Gasteiger partial charge in [0.15, 0.2) is 9.84 Å². The maximum atomic E-state index is 12.7. The summed E-state index contributed by atoms with van der Waals surface area (Å²) in [7, 11) is -3.32. The van der Waals surface area contributed by atoms with Crippen LogP contribution in [0.25, 0.3) is 0 Å². The number of fused-ring (bicyclic) bond motifs is 1. The van der Waals surface area contributed by atoms with E-state index in [2.05, 4.69) is 5.32 Å². The van der Waals surface area contributed by atoms with Crippen molar-refractivity contribution in [3.63, 3.8) is 0 Å². The first-order valence-corrected chi connectivity index (χ1v) is 11.9. The van der Waals surface area contributed by atoms with E-state index in [9.17, 15) is 18.0 Å². The highest BCUT2D eigenvalue weighted by atomic mass is 32.2. The van der Waals surface area contributed by atoms with Gasteiger partial charge in [0.25, 0.3) is 5.91 Å². The Morgan fingerprint density at radius 3 is 2.43 bits per heavy atom. The maximum absolute atomic E-state index is 12.7. The average molecular weight is 422 g/mol. The Bertz CT molecular complexity index is 990. The van der Waals surface area contributed by atoms with E-state index in [0.29, 0.717) is 16.1 Å². The number of ether oxygens (including phenoxy) is 1. The molecule has 2 aromatic rings. The van der Waals surface area contributed by atoms with Gasteiger partial charge in [-0.25, -0.2) is 13.2 Å².